The molecule has 0 saturated heterocycles. The summed E-state index contributed by atoms with van der Waals surface area (Å²) in [6.45, 7) is 3.99. The Morgan fingerprint density at radius 3 is 2.96 bits per heavy atom. The molecule has 7 heteroatoms. The number of carbonyl (C=O) groups excluding carboxylic acids is 1. The van der Waals surface area contributed by atoms with E-state index in [9.17, 15) is 4.79 Å². The summed E-state index contributed by atoms with van der Waals surface area (Å²) in [5.74, 6) is 1.19. The van der Waals surface area contributed by atoms with Gasteiger partial charge in [0.25, 0.3) is 0 Å². The summed E-state index contributed by atoms with van der Waals surface area (Å²) in [4.78, 5) is 16.4. The van der Waals surface area contributed by atoms with E-state index >= 15 is 0 Å². The van der Waals surface area contributed by atoms with Gasteiger partial charge >= 0.3 is 0 Å². The van der Waals surface area contributed by atoms with Crippen LogP contribution in [0.5, 0.6) is 0 Å². The van der Waals surface area contributed by atoms with Crippen LogP contribution in [0.15, 0.2) is 40.1 Å². The highest BCUT2D eigenvalue weighted by Crippen LogP contribution is 2.30. The predicted octanol–water partition coefficient (Wildman–Crippen LogP) is 4.01. The van der Waals surface area contributed by atoms with Crippen molar-refractivity contribution in [3.05, 3.63) is 47.6 Å². The number of nitrogens with one attached hydrogen (secondary N) is 1. The Bertz CT molecular complexity index is 858. The third-order valence-corrected chi connectivity index (χ3v) is 5.06. The third-order valence-electron chi connectivity index (χ3n) is 3.98. The summed E-state index contributed by atoms with van der Waals surface area (Å²) in [7, 11) is 0. The third kappa shape index (κ3) is 4.60. The number of Topliss-reactive ketones (excluding diaryl/α,β-unsaturated/α-hetero) is 1. The van der Waals surface area contributed by atoms with Crippen molar-refractivity contribution in [1.82, 2.24) is 20.3 Å². The van der Waals surface area contributed by atoms with E-state index in [4.69, 9.17) is 4.52 Å². The van der Waals surface area contributed by atoms with Gasteiger partial charge in [-0.1, -0.05) is 30.3 Å². The first-order valence-electron chi connectivity index (χ1n) is 8.71. The van der Waals surface area contributed by atoms with Crippen LogP contribution in [0.3, 0.4) is 0 Å². The molecule has 0 spiro atoms. The van der Waals surface area contributed by atoms with E-state index in [-0.39, 0.29) is 12.2 Å². The molecule has 3 rings (SSSR count). The van der Waals surface area contributed by atoms with Gasteiger partial charge in [-0.2, -0.15) is 5.10 Å². The number of nitrogens with zero attached hydrogens (tertiary/aromatic N) is 3. The van der Waals surface area contributed by atoms with Gasteiger partial charge in [-0.25, -0.2) is 0 Å². The lowest BCUT2D eigenvalue weighted by Gasteiger charge is -2.05. The van der Waals surface area contributed by atoms with Crippen LogP contribution in [-0.2, 0) is 17.6 Å². The fourth-order valence-corrected chi connectivity index (χ4v) is 3.59. The molecule has 0 atom stereocenters. The van der Waals surface area contributed by atoms with Gasteiger partial charge in [0.15, 0.2) is 0 Å². The van der Waals surface area contributed by atoms with Gasteiger partial charge in [0.1, 0.15) is 16.6 Å². The quantitative estimate of drug-likeness (QED) is 0.573. The molecule has 1 N–H and O–H groups in total. The number of H-pyrrole nitrogens is 1. The molecular weight excluding hydrogens is 348 g/mol. The number of aryl methyl sites for hydroxylation is 1. The van der Waals surface area contributed by atoms with Crippen LogP contribution in [0.2, 0.25) is 0 Å². The Morgan fingerprint density at radius 2 is 2.27 bits per heavy atom. The van der Waals surface area contributed by atoms with E-state index in [1.54, 1.807) is 12.3 Å². The Morgan fingerprint density at radius 1 is 1.38 bits per heavy atom. The molecule has 0 aromatic carbocycles. The molecule has 26 heavy (non-hydrogen) atoms. The second-order valence-electron chi connectivity index (χ2n) is 6.16. The topological polar surface area (TPSA) is 84.7 Å². The van der Waals surface area contributed by atoms with Crippen molar-refractivity contribution in [3.8, 4) is 11.3 Å². The molecule has 6 nitrogen and oxygen atoms in total. The van der Waals surface area contributed by atoms with E-state index in [0.717, 1.165) is 46.9 Å². The highest BCUT2D eigenvalue weighted by Gasteiger charge is 2.17. The first-order chi connectivity index (χ1) is 12.7. The van der Waals surface area contributed by atoms with Crippen LogP contribution in [0.25, 0.3) is 11.3 Å². The molecule has 3 aromatic heterocycles. The van der Waals surface area contributed by atoms with E-state index in [2.05, 4.69) is 27.3 Å². The maximum absolute atomic E-state index is 12.2. The zero-order valence-electron chi connectivity index (χ0n) is 15.0. The lowest BCUT2D eigenvalue weighted by molar-refractivity contribution is -0.116. The summed E-state index contributed by atoms with van der Waals surface area (Å²) >= 11 is 1.48. The Balaban J connectivity index is 1.70. The fraction of sp³-hybridized carbons (Fsp3) is 0.368. The molecule has 0 aliphatic rings. The van der Waals surface area contributed by atoms with Gasteiger partial charge in [0, 0.05) is 29.6 Å². The zero-order valence-corrected chi connectivity index (χ0v) is 15.8. The molecule has 0 amide bonds. The number of unbranched alkanes of at least 4 members (excludes halogenated alkanes) is 1. The molecule has 0 radical (unpaired) electrons. The molecule has 0 fully saturated rings. The summed E-state index contributed by atoms with van der Waals surface area (Å²) in [6.07, 6.45) is 6.98. The molecular formula is C19H22N4O2S. The lowest BCUT2D eigenvalue weighted by atomic mass is 10.1. The van der Waals surface area contributed by atoms with Crippen molar-refractivity contribution in [2.45, 2.75) is 44.6 Å². The summed E-state index contributed by atoms with van der Waals surface area (Å²) in [6, 6.07) is 5.72. The maximum Gasteiger partial charge on any atom is 0.149 e. The number of hydrogen-bond acceptors (Lipinski definition) is 6. The van der Waals surface area contributed by atoms with Gasteiger partial charge in [-0.05, 0) is 31.9 Å². The molecule has 0 aliphatic carbocycles. The second-order valence-corrected chi connectivity index (χ2v) is 7.12. The molecule has 0 aliphatic heterocycles. The summed E-state index contributed by atoms with van der Waals surface area (Å²) in [5, 5.41) is 12.3. The first kappa shape index (κ1) is 18.4. The number of rotatable bonds is 9. The highest BCUT2D eigenvalue weighted by atomic mass is 32.2. The van der Waals surface area contributed by atoms with Gasteiger partial charge in [0.05, 0.1) is 23.6 Å². The Labute approximate surface area is 156 Å². The minimum absolute atomic E-state index is 0.107. The van der Waals surface area contributed by atoms with Crippen LogP contribution in [-0.4, -0.2) is 31.9 Å². The minimum atomic E-state index is 0.107. The SMILES string of the molecule is CCCCc1c(SCC(=O)Cc2cc(C)on2)n[nH]c1-c1cccnc1. The van der Waals surface area contributed by atoms with Crippen molar-refractivity contribution >= 4 is 17.5 Å². The maximum atomic E-state index is 12.2. The van der Waals surface area contributed by atoms with Gasteiger partial charge < -0.3 is 4.52 Å². The number of hydrogen-bond donors (Lipinski definition) is 1. The van der Waals surface area contributed by atoms with E-state index in [1.165, 1.54) is 11.8 Å². The number of thioether (sulfide) groups is 1. The van der Waals surface area contributed by atoms with Gasteiger partial charge in [-0.3, -0.25) is 14.9 Å². The molecule has 136 valence electrons. The van der Waals surface area contributed by atoms with Crippen molar-refractivity contribution < 1.29 is 9.32 Å². The highest BCUT2D eigenvalue weighted by molar-refractivity contribution is 8.00. The minimum Gasteiger partial charge on any atom is -0.361 e. The van der Waals surface area contributed by atoms with Crippen molar-refractivity contribution in [1.29, 1.82) is 0 Å². The molecule has 0 unspecified atom stereocenters. The average molecular weight is 370 g/mol. The lowest BCUT2D eigenvalue weighted by Crippen LogP contribution is -2.06. The molecule has 3 heterocycles. The molecule has 0 bridgehead atoms. The fourth-order valence-electron chi connectivity index (χ4n) is 2.71. The van der Waals surface area contributed by atoms with Crippen LogP contribution in [0, 0.1) is 6.92 Å². The first-order valence-corrected chi connectivity index (χ1v) is 9.70. The van der Waals surface area contributed by atoms with Crippen LogP contribution < -0.4 is 0 Å². The predicted molar refractivity (Wildman–Crippen MR) is 101 cm³/mol. The second kappa shape index (κ2) is 8.80. The van der Waals surface area contributed by atoms with Crippen molar-refractivity contribution in [2.75, 3.05) is 5.75 Å². The monoisotopic (exact) mass is 370 g/mol. The number of ketones is 1. The van der Waals surface area contributed by atoms with Crippen molar-refractivity contribution in [2.24, 2.45) is 0 Å². The van der Waals surface area contributed by atoms with E-state index < -0.39 is 0 Å². The number of aromatic amines is 1. The van der Waals surface area contributed by atoms with Crippen LogP contribution in [0.1, 0.15) is 36.8 Å². The number of carbonyl (C=O) groups is 1. The molecule has 3 aromatic rings. The van der Waals surface area contributed by atoms with Gasteiger partial charge in [0.2, 0.25) is 0 Å². The van der Waals surface area contributed by atoms with Crippen molar-refractivity contribution in [3.63, 3.8) is 0 Å². The number of pyridine rings is 1. The Hall–Kier alpha value is -2.41. The zero-order chi connectivity index (χ0) is 18.4. The standard InChI is InChI=1S/C19H22N4O2S/c1-3-4-7-17-18(14-6-5-8-20-11-14)21-22-19(17)26-12-16(24)10-15-9-13(2)25-23-15/h5-6,8-9,11H,3-4,7,10,12H2,1-2H3,(H,21,22). The smallest absolute Gasteiger partial charge is 0.149 e. The van der Waals surface area contributed by atoms with Crippen LogP contribution in [0.4, 0.5) is 0 Å². The normalized spacial score (nSPS) is 11.0. The van der Waals surface area contributed by atoms with Crippen LogP contribution >= 0.6 is 11.8 Å². The Kier molecular flexibility index (Phi) is 6.22. The van der Waals surface area contributed by atoms with Gasteiger partial charge in [-0.15, -0.1) is 0 Å². The number of aromatic nitrogens is 4. The van der Waals surface area contributed by atoms with E-state index in [1.807, 2.05) is 25.3 Å². The molecule has 0 saturated carbocycles. The average Bonchev–Trinajstić information content (AvgIpc) is 3.24. The summed E-state index contributed by atoms with van der Waals surface area (Å²) < 4.78 is 5.01. The largest absolute Gasteiger partial charge is 0.361 e. The summed E-state index contributed by atoms with van der Waals surface area (Å²) in [5.41, 5.74) is 3.85. The van der Waals surface area contributed by atoms with E-state index in [0.29, 0.717) is 11.4 Å².